The standard InChI is InChI=1S/C18H18N4O4S/c1-3-25-17(24)12-7-4-5-8-13(12)19-15(23)11-27-18-21-20-16(22(18)2)14-9-6-10-26-14/h4-10H,3,11H2,1-2H3,(H,19,23). The number of esters is 1. The van der Waals surface area contributed by atoms with E-state index in [0.29, 0.717) is 28.0 Å². The Morgan fingerprint density at radius 3 is 2.78 bits per heavy atom. The van der Waals surface area contributed by atoms with Gasteiger partial charge < -0.3 is 19.0 Å². The van der Waals surface area contributed by atoms with Crippen LogP contribution in [0.15, 0.2) is 52.2 Å². The van der Waals surface area contributed by atoms with Gasteiger partial charge >= 0.3 is 5.97 Å². The van der Waals surface area contributed by atoms with Crippen molar-refractivity contribution in [1.29, 1.82) is 0 Å². The maximum atomic E-state index is 12.3. The average Bonchev–Trinajstić information content (AvgIpc) is 3.30. The average molecular weight is 386 g/mol. The highest BCUT2D eigenvalue weighted by Crippen LogP contribution is 2.23. The first kappa shape index (κ1) is 18.7. The Labute approximate surface area is 159 Å². The molecule has 27 heavy (non-hydrogen) atoms. The Bertz CT molecular complexity index is 937. The summed E-state index contributed by atoms with van der Waals surface area (Å²) in [5.74, 6) is 0.554. The zero-order valence-corrected chi connectivity index (χ0v) is 15.7. The predicted octanol–water partition coefficient (Wildman–Crippen LogP) is 2.98. The summed E-state index contributed by atoms with van der Waals surface area (Å²) in [6, 6.07) is 10.3. The minimum absolute atomic E-state index is 0.112. The van der Waals surface area contributed by atoms with Crippen LogP contribution in [0.25, 0.3) is 11.6 Å². The molecule has 1 aromatic carbocycles. The second-order valence-corrected chi connectivity index (χ2v) is 6.39. The van der Waals surface area contributed by atoms with Crippen LogP contribution >= 0.6 is 11.8 Å². The first-order chi connectivity index (χ1) is 13.1. The van der Waals surface area contributed by atoms with Crippen LogP contribution in [0.2, 0.25) is 0 Å². The Morgan fingerprint density at radius 2 is 2.04 bits per heavy atom. The molecule has 3 rings (SSSR count). The van der Waals surface area contributed by atoms with Crippen molar-refractivity contribution in [3.05, 3.63) is 48.2 Å². The van der Waals surface area contributed by atoms with Gasteiger partial charge in [-0.25, -0.2) is 4.79 Å². The van der Waals surface area contributed by atoms with E-state index < -0.39 is 5.97 Å². The molecule has 9 heteroatoms. The lowest BCUT2D eigenvalue weighted by Gasteiger charge is -2.10. The fraction of sp³-hybridized carbons (Fsp3) is 0.222. The van der Waals surface area contributed by atoms with Gasteiger partial charge in [0.25, 0.3) is 0 Å². The van der Waals surface area contributed by atoms with Crippen molar-refractivity contribution in [2.24, 2.45) is 7.05 Å². The van der Waals surface area contributed by atoms with Crippen LogP contribution in [0.1, 0.15) is 17.3 Å². The predicted molar refractivity (Wildman–Crippen MR) is 100 cm³/mol. The lowest BCUT2D eigenvalue weighted by Crippen LogP contribution is -2.17. The van der Waals surface area contributed by atoms with Crippen LogP contribution in [0, 0.1) is 0 Å². The van der Waals surface area contributed by atoms with E-state index >= 15 is 0 Å². The van der Waals surface area contributed by atoms with Gasteiger partial charge in [-0.15, -0.1) is 10.2 Å². The molecule has 0 aliphatic carbocycles. The van der Waals surface area contributed by atoms with Crippen LogP contribution < -0.4 is 5.32 Å². The number of nitrogens with zero attached hydrogens (tertiary/aromatic N) is 3. The van der Waals surface area contributed by atoms with E-state index in [9.17, 15) is 9.59 Å². The Kier molecular flexibility index (Phi) is 5.92. The van der Waals surface area contributed by atoms with Gasteiger partial charge in [0, 0.05) is 7.05 Å². The van der Waals surface area contributed by atoms with Crippen molar-refractivity contribution in [1.82, 2.24) is 14.8 Å². The molecule has 2 aromatic heterocycles. The largest absolute Gasteiger partial charge is 0.462 e. The molecule has 0 aliphatic rings. The smallest absolute Gasteiger partial charge is 0.340 e. The molecule has 3 aromatic rings. The maximum Gasteiger partial charge on any atom is 0.340 e. The van der Waals surface area contributed by atoms with E-state index in [1.807, 2.05) is 0 Å². The number of benzene rings is 1. The van der Waals surface area contributed by atoms with Crippen LogP contribution in [0.5, 0.6) is 0 Å². The fourth-order valence-corrected chi connectivity index (χ4v) is 3.07. The van der Waals surface area contributed by atoms with Crippen LogP contribution in [-0.2, 0) is 16.6 Å². The number of thioether (sulfide) groups is 1. The van der Waals surface area contributed by atoms with Crippen molar-refractivity contribution < 1.29 is 18.7 Å². The number of rotatable bonds is 7. The van der Waals surface area contributed by atoms with E-state index in [2.05, 4.69) is 15.5 Å². The highest BCUT2D eigenvalue weighted by Gasteiger charge is 2.16. The number of nitrogens with one attached hydrogen (secondary N) is 1. The summed E-state index contributed by atoms with van der Waals surface area (Å²) in [6.07, 6.45) is 1.56. The third-order valence-electron chi connectivity index (χ3n) is 3.61. The minimum atomic E-state index is -0.475. The number of carbonyl (C=O) groups excluding carboxylic acids is 2. The molecule has 0 bridgehead atoms. The first-order valence-electron chi connectivity index (χ1n) is 8.22. The van der Waals surface area contributed by atoms with E-state index in [4.69, 9.17) is 9.15 Å². The molecule has 0 atom stereocenters. The number of para-hydroxylation sites is 1. The third-order valence-corrected chi connectivity index (χ3v) is 4.63. The lowest BCUT2D eigenvalue weighted by molar-refractivity contribution is -0.113. The summed E-state index contributed by atoms with van der Waals surface area (Å²) >= 11 is 1.24. The van der Waals surface area contributed by atoms with Gasteiger partial charge in [0.1, 0.15) is 0 Å². The number of carbonyl (C=O) groups is 2. The molecule has 1 amide bonds. The highest BCUT2D eigenvalue weighted by molar-refractivity contribution is 7.99. The summed E-state index contributed by atoms with van der Waals surface area (Å²) in [7, 11) is 1.80. The summed E-state index contributed by atoms with van der Waals surface area (Å²) in [6.45, 7) is 1.99. The van der Waals surface area contributed by atoms with Gasteiger partial charge in [0.2, 0.25) is 5.91 Å². The summed E-state index contributed by atoms with van der Waals surface area (Å²) in [5.41, 5.74) is 0.729. The number of hydrogen-bond acceptors (Lipinski definition) is 7. The monoisotopic (exact) mass is 386 g/mol. The highest BCUT2D eigenvalue weighted by atomic mass is 32.2. The van der Waals surface area contributed by atoms with Gasteiger partial charge in [-0.3, -0.25) is 4.79 Å². The van der Waals surface area contributed by atoms with Crippen molar-refractivity contribution >= 4 is 29.3 Å². The van der Waals surface area contributed by atoms with E-state index in [0.717, 1.165) is 0 Å². The number of anilines is 1. The van der Waals surface area contributed by atoms with Gasteiger partial charge in [-0.1, -0.05) is 23.9 Å². The molecular weight excluding hydrogens is 368 g/mol. The summed E-state index contributed by atoms with van der Waals surface area (Å²) in [5, 5.41) is 11.5. The van der Waals surface area contributed by atoms with E-state index in [1.54, 1.807) is 61.2 Å². The Balaban J connectivity index is 1.64. The molecule has 0 radical (unpaired) electrons. The maximum absolute atomic E-state index is 12.3. The Hall–Kier alpha value is -3.07. The van der Waals surface area contributed by atoms with Gasteiger partial charge in [0.05, 0.1) is 29.9 Å². The van der Waals surface area contributed by atoms with Crippen LogP contribution in [0.4, 0.5) is 5.69 Å². The number of ether oxygens (including phenoxy) is 1. The molecule has 0 aliphatic heterocycles. The van der Waals surface area contributed by atoms with E-state index in [-0.39, 0.29) is 18.3 Å². The van der Waals surface area contributed by atoms with Crippen molar-refractivity contribution in [2.75, 3.05) is 17.7 Å². The molecule has 8 nitrogen and oxygen atoms in total. The zero-order valence-electron chi connectivity index (χ0n) is 14.8. The van der Waals surface area contributed by atoms with E-state index in [1.165, 1.54) is 11.8 Å². The van der Waals surface area contributed by atoms with Crippen LogP contribution in [-0.4, -0.2) is 39.0 Å². The molecule has 2 heterocycles. The first-order valence-corrected chi connectivity index (χ1v) is 9.20. The zero-order chi connectivity index (χ0) is 19.2. The summed E-state index contributed by atoms with van der Waals surface area (Å²) < 4.78 is 12.1. The quantitative estimate of drug-likeness (QED) is 0.492. The molecule has 0 saturated heterocycles. The molecule has 1 N–H and O–H groups in total. The topological polar surface area (TPSA) is 99.2 Å². The molecule has 140 valence electrons. The normalized spacial score (nSPS) is 10.6. The molecule has 0 spiro atoms. The van der Waals surface area contributed by atoms with Gasteiger partial charge in [-0.05, 0) is 31.2 Å². The fourth-order valence-electron chi connectivity index (χ4n) is 2.36. The number of amides is 1. The summed E-state index contributed by atoms with van der Waals surface area (Å²) in [4.78, 5) is 24.3. The van der Waals surface area contributed by atoms with Gasteiger partial charge in [-0.2, -0.15) is 0 Å². The van der Waals surface area contributed by atoms with Crippen molar-refractivity contribution in [3.63, 3.8) is 0 Å². The minimum Gasteiger partial charge on any atom is -0.462 e. The molecule has 0 unspecified atom stereocenters. The second-order valence-electron chi connectivity index (χ2n) is 5.45. The molecular formula is C18H18N4O4S. The van der Waals surface area contributed by atoms with Gasteiger partial charge in [0.15, 0.2) is 16.7 Å². The third kappa shape index (κ3) is 4.37. The van der Waals surface area contributed by atoms with Crippen molar-refractivity contribution in [2.45, 2.75) is 12.1 Å². The SMILES string of the molecule is CCOC(=O)c1ccccc1NC(=O)CSc1nnc(-c2ccco2)n1C. The number of aromatic nitrogens is 3. The van der Waals surface area contributed by atoms with Crippen molar-refractivity contribution in [3.8, 4) is 11.6 Å². The van der Waals surface area contributed by atoms with Crippen LogP contribution in [0.3, 0.4) is 0 Å². The lowest BCUT2D eigenvalue weighted by atomic mass is 10.2. The second kappa shape index (κ2) is 8.54. The Morgan fingerprint density at radius 1 is 1.22 bits per heavy atom. The number of hydrogen-bond donors (Lipinski definition) is 1. The molecule has 0 fully saturated rings. The number of furan rings is 1. The molecule has 0 saturated carbocycles.